The predicted molar refractivity (Wildman–Crippen MR) is 75.0 cm³/mol. The summed E-state index contributed by atoms with van der Waals surface area (Å²) in [5.41, 5.74) is 7.46. The minimum atomic E-state index is 0.141. The highest BCUT2D eigenvalue weighted by Crippen LogP contribution is 2.24. The van der Waals surface area contributed by atoms with Crippen molar-refractivity contribution in [2.24, 2.45) is 5.73 Å². The maximum Gasteiger partial charge on any atom is 0.105 e. The summed E-state index contributed by atoms with van der Waals surface area (Å²) in [4.78, 5) is 2.46. The average molecular weight is 303 g/mol. The molecule has 3 N–H and O–H groups in total. The number of aliphatic hydroxyl groups excluding tert-OH is 1. The second kappa shape index (κ2) is 6.18. The highest BCUT2D eigenvalue weighted by atomic mass is 79.9. The molecule has 1 rings (SSSR count). The summed E-state index contributed by atoms with van der Waals surface area (Å²) in [7, 11) is 0. The summed E-state index contributed by atoms with van der Waals surface area (Å²) in [6.07, 6.45) is 0. The van der Waals surface area contributed by atoms with Crippen LogP contribution in [0.4, 0.5) is 5.69 Å². The van der Waals surface area contributed by atoms with Crippen LogP contribution in [-0.4, -0.2) is 29.8 Å². The first kappa shape index (κ1) is 13.4. The molecule has 5 heteroatoms. The molecular weight excluding hydrogens is 288 g/mol. The Labute approximate surface area is 109 Å². The molecule has 0 aliphatic carbocycles. The fourth-order valence-corrected chi connectivity index (χ4v) is 2.38. The first-order valence-corrected chi connectivity index (χ1v) is 6.25. The Balaban J connectivity index is 2.99. The summed E-state index contributed by atoms with van der Waals surface area (Å²) < 4.78 is 0.883. The summed E-state index contributed by atoms with van der Waals surface area (Å²) in [5, 5.41) is 8.95. The van der Waals surface area contributed by atoms with Crippen molar-refractivity contribution in [2.45, 2.75) is 6.92 Å². The molecule has 1 aromatic carbocycles. The Hall–Kier alpha value is -0.650. The van der Waals surface area contributed by atoms with Gasteiger partial charge in [0.2, 0.25) is 0 Å². The maximum atomic E-state index is 8.95. The van der Waals surface area contributed by atoms with Crippen molar-refractivity contribution in [1.29, 1.82) is 0 Å². The molecule has 0 heterocycles. The van der Waals surface area contributed by atoms with Crippen molar-refractivity contribution >= 4 is 38.8 Å². The third-order valence-corrected chi connectivity index (χ3v) is 3.21. The third kappa shape index (κ3) is 3.17. The van der Waals surface area contributed by atoms with Crippen molar-refractivity contribution in [3.8, 4) is 0 Å². The molecule has 0 bridgehead atoms. The van der Waals surface area contributed by atoms with Gasteiger partial charge < -0.3 is 15.7 Å². The van der Waals surface area contributed by atoms with Crippen LogP contribution in [0.5, 0.6) is 0 Å². The zero-order valence-electron chi connectivity index (χ0n) is 9.11. The average Bonchev–Trinajstić information content (AvgIpc) is 2.25. The molecule has 3 nitrogen and oxygen atoms in total. The lowest BCUT2D eigenvalue weighted by Gasteiger charge is -2.22. The smallest absolute Gasteiger partial charge is 0.105 e. The number of nitrogens with two attached hydrogens (primary N) is 1. The highest BCUT2D eigenvalue weighted by molar-refractivity contribution is 9.10. The second-order valence-corrected chi connectivity index (χ2v) is 4.63. The van der Waals surface area contributed by atoms with Gasteiger partial charge in [-0.25, -0.2) is 0 Å². The largest absolute Gasteiger partial charge is 0.395 e. The van der Waals surface area contributed by atoms with Gasteiger partial charge in [0.15, 0.2) is 0 Å². The molecule has 0 saturated heterocycles. The predicted octanol–water partition coefficient (Wildman–Crippen LogP) is 1.90. The van der Waals surface area contributed by atoms with Gasteiger partial charge >= 0.3 is 0 Å². The highest BCUT2D eigenvalue weighted by Gasteiger charge is 2.08. The minimum Gasteiger partial charge on any atom is -0.395 e. The van der Waals surface area contributed by atoms with Crippen LogP contribution >= 0.6 is 28.1 Å². The molecule has 0 unspecified atom stereocenters. The lowest BCUT2D eigenvalue weighted by molar-refractivity contribution is 0.302. The Morgan fingerprint density at radius 2 is 2.25 bits per heavy atom. The SMILES string of the molecule is CCN(CCO)c1ccc(C(N)=S)c(Br)c1. The van der Waals surface area contributed by atoms with Gasteiger partial charge in [0.05, 0.1) is 6.61 Å². The Kier molecular flexibility index (Phi) is 5.18. The number of likely N-dealkylation sites (N-methyl/N-ethyl adjacent to an activating group) is 1. The summed E-state index contributed by atoms with van der Waals surface area (Å²) in [6, 6.07) is 5.81. The van der Waals surface area contributed by atoms with Crippen LogP contribution in [0, 0.1) is 0 Å². The van der Waals surface area contributed by atoms with Gasteiger partial charge in [-0.15, -0.1) is 0 Å². The first-order chi connectivity index (χ1) is 7.60. The molecule has 0 aliphatic heterocycles. The first-order valence-electron chi connectivity index (χ1n) is 5.05. The van der Waals surface area contributed by atoms with Crippen molar-refractivity contribution in [3.05, 3.63) is 28.2 Å². The number of aliphatic hydroxyl groups is 1. The number of anilines is 1. The lowest BCUT2D eigenvalue weighted by Crippen LogP contribution is -2.26. The molecule has 0 aliphatic rings. The zero-order valence-corrected chi connectivity index (χ0v) is 11.5. The molecule has 0 spiro atoms. The standard InChI is InChI=1S/C11H15BrN2OS/c1-2-14(5-6-15)8-3-4-9(11(13)16)10(12)7-8/h3-4,7,15H,2,5-6H2,1H3,(H2,13,16). The number of hydrogen-bond donors (Lipinski definition) is 2. The molecule has 16 heavy (non-hydrogen) atoms. The Morgan fingerprint density at radius 1 is 1.56 bits per heavy atom. The fraction of sp³-hybridized carbons (Fsp3) is 0.364. The van der Waals surface area contributed by atoms with Crippen LogP contribution in [0.1, 0.15) is 12.5 Å². The van der Waals surface area contributed by atoms with Crippen LogP contribution in [0.3, 0.4) is 0 Å². The number of thiocarbonyl (C=S) groups is 1. The van der Waals surface area contributed by atoms with Gasteiger partial charge in [0.25, 0.3) is 0 Å². The third-order valence-electron chi connectivity index (χ3n) is 2.33. The fourth-order valence-electron chi connectivity index (χ4n) is 1.49. The number of rotatable bonds is 5. The van der Waals surface area contributed by atoms with E-state index < -0.39 is 0 Å². The maximum absolute atomic E-state index is 8.95. The second-order valence-electron chi connectivity index (χ2n) is 3.33. The summed E-state index contributed by atoms with van der Waals surface area (Å²) in [5.74, 6) is 0. The van der Waals surface area contributed by atoms with Gasteiger partial charge in [-0.3, -0.25) is 0 Å². The van der Waals surface area contributed by atoms with Crippen LogP contribution in [-0.2, 0) is 0 Å². The molecule has 0 fully saturated rings. The van der Waals surface area contributed by atoms with E-state index in [0.29, 0.717) is 11.5 Å². The van der Waals surface area contributed by atoms with E-state index in [1.165, 1.54) is 0 Å². The number of nitrogens with zero attached hydrogens (tertiary/aromatic N) is 1. The normalized spacial score (nSPS) is 10.2. The van der Waals surface area contributed by atoms with E-state index in [1.54, 1.807) is 0 Å². The van der Waals surface area contributed by atoms with E-state index in [1.807, 2.05) is 25.1 Å². The van der Waals surface area contributed by atoms with Crippen molar-refractivity contribution < 1.29 is 5.11 Å². The Bertz CT molecular complexity index is 384. The summed E-state index contributed by atoms with van der Waals surface area (Å²) >= 11 is 8.37. The number of benzene rings is 1. The minimum absolute atomic E-state index is 0.141. The van der Waals surface area contributed by atoms with E-state index in [-0.39, 0.29) is 6.61 Å². The van der Waals surface area contributed by atoms with E-state index in [0.717, 1.165) is 22.3 Å². The topological polar surface area (TPSA) is 49.5 Å². The quantitative estimate of drug-likeness (QED) is 0.816. The summed E-state index contributed by atoms with van der Waals surface area (Å²) in [6.45, 7) is 3.66. The van der Waals surface area contributed by atoms with E-state index in [4.69, 9.17) is 23.1 Å². The molecule has 88 valence electrons. The molecular formula is C11H15BrN2OS. The van der Waals surface area contributed by atoms with Crippen LogP contribution in [0.15, 0.2) is 22.7 Å². The molecule has 0 amide bonds. The molecule has 1 aromatic rings. The molecule has 0 saturated carbocycles. The van der Waals surface area contributed by atoms with E-state index >= 15 is 0 Å². The van der Waals surface area contributed by atoms with Crippen molar-refractivity contribution in [2.75, 3.05) is 24.6 Å². The van der Waals surface area contributed by atoms with Crippen molar-refractivity contribution in [1.82, 2.24) is 0 Å². The molecule has 0 radical (unpaired) electrons. The van der Waals surface area contributed by atoms with Gasteiger partial charge in [-0.2, -0.15) is 0 Å². The monoisotopic (exact) mass is 302 g/mol. The van der Waals surface area contributed by atoms with Crippen LogP contribution in [0.25, 0.3) is 0 Å². The van der Waals surface area contributed by atoms with Gasteiger partial charge in [0, 0.05) is 28.8 Å². The zero-order chi connectivity index (χ0) is 12.1. The van der Waals surface area contributed by atoms with Gasteiger partial charge in [0.1, 0.15) is 4.99 Å². The van der Waals surface area contributed by atoms with Gasteiger partial charge in [-0.05, 0) is 41.1 Å². The molecule has 0 aromatic heterocycles. The van der Waals surface area contributed by atoms with Gasteiger partial charge in [-0.1, -0.05) is 12.2 Å². The number of hydrogen-bond acceptors (Lipinski definition) is 3. The van der Waals surface area contributed by atoms with E-state index in [2.05, 4.69) is 20.8 Å². The molecule has 0 atom stereocenters. The van der Waals surface area contributed by atoms with Crippen molar-refractivity contribution in [3.63, 3.8) is 0 Å². The lowest BCUT2D eigenvalue weighted by atomic mass is 10.2. The van der Waals surface area contributed by atoms with Crippen LogP contribution in [0.2, 0.25) is 0 Å². The van der Waals surface area contributed by atoms with Crippen LogP contribution < -0.4 is 10.6 Å². The number of halogens is 1. The Morgan fingerprint density at radius 3 is 2.69 bits per heavy atom. The van der Waals surface area contributed by atoms with E-state index in [9.17, 15) is 0 Å².